The summed E-state index contributed by atoms with van der Waals surface area (Å²) in [7, 11) is 1.98. The number of halogens is 1. The van der Waals surface area contributed by atoms with Crippen LogP contribution in [0.2, 0.25) is 5.02 Å². The summed E-state index contributed by atoms with van der Waals surface area (Å²) in [6.45, 7) is 2.71. The van der Waals surface area contributed by atoms with Crippen LogP contribution in [0.15, 0.2) is 48.5 Å². The normalized spacial score (nSPS) is 15.0. The first-order valence-electron chi connectivity index (χ1n) is 9.57. The van der Waals surface area contributed by atoms with E-state index in [0.29, 0.717) is 16.7 Å². The second-order valence-electron chi connectivity index (χ2n) is 7.02. The van der Waals surface area contributed by atoms with Crippen molar-refractivity contribution in [2.45, 2.75) is 19.3 Å². The van der Waals surface area contributed by atoms with Gasteiger partial charge in [-0.3, -0.25) is 4.79 Å². The highest BCUT2D eigenvalue weighted by Gasteiger charge is 2.22. The molecule has 0 radical (unpaired) electrons. The van der Waals surface area contributed by atoms with Gasteiger partial charge in [-0.05, 0) is 62.0 Å². The Hall–Kier alpha value is -2.04. The van der Waals surface area contributed by atoms with Crippen LogP contribution in [0.4, 0.5) is 0 Å². The fourth-order valence-corrected chi connectivity index (χ4v) is 3.71. The minimum atomic E-state index is 0.0327. The number of hydrogen-bond acceptors (Lipinski definition) is 3. The zero-order valence-electron chi connectivity index (χ0n) is 15.8. The van der Waals surface area contributed by atoms with E-state index < -0.39 is 0 Å². The molecule has 1 aliphatic rings. The third kappa shape index (κ3) is 5.47. The first-order valence-corrected chi connectivity index (χ1v) is 9.95. The van der Waals surface area contributed by atoms with E-state index in [-0.39, 0.29) is 12.5 Å². The summed E-state index contributed by atoms with van der Waals surface area (Å²) in [5.74, 6) is 1.29. The van der Waals surface area contributed by atoms with E-state index in [2.05, 4.69) is 5.32 Å². The average molecular weight is 387 g/mol. The van der Waals surface area contributed by atoms with Crippen LogP contribution in [0.3, 0.4) is 0 Å². The summed E-state index contributed by atoms with van der Waals surface area (Å²) in [6.07, 6.45) is 3.32. The molecule has 2 aromatic rings. The molecule has 4 nitrogen and oxygen atoms in total. The fourth-order valence-electron chi connectivity index (χ4n) is 3.48. The summed E-state index contributed by atoms with van der Waals surface area (Å²) < 4.78 is 5.70. The van der Waals surface area contributed by atoms with Crippen LogP contribution in [0.1, 0.15) is 19.3 Å². The van der Waals surface area contributed by atoms with E-state index in [1.165, 1.54) is 6.42 Å². The lowest BCUT2D eigenvalue weighted by Gasteiger charge is -2.32. The summed E-state index contributed by atoms with van der Waals surface area (Å²) >= 11 is 6.36. The number of nitrogens with zero attached hydrogens (tertiary/aromatic N) is 1. The van der Waals surface area contributed by atoms with Crippen LogP contribution in [0, 0.1) is 5.92 Å². The van der Waals surface area contributed by atoms with E-state index >= 15 is 0 Å². The molecular weight excluding hydrogens is 360 g/mol. The molecular formula is C22H27ClN2O2. The second kappa shape index (κ2) is 9.77. The number of carbonyl (C=O) groups is 1. The Balaban J connectivity index is 1.51. The fraction of sp³-hybridized carbons (Fsp3) is 0.409. The van der Waals surface area contributed by atoms with Crippen molar-refractivity contribution < 1.29 is 9.53 Å². The molecule has 3 rings (SSSR count). The molecule has 27 heavy (non-hydrogen) atoms. The molecule has 0 spiro atoms. The maximum Gasteiger partial charge on any atom is 0.260 e. The first-order chi connectivity index (χ1) is 13.2. The van der Waals surface area contributed by atoms with Gasteiger partial charge in [-0.15, -0.1) is 0 Å². The zero-order valence-corrected chi connectivity index (χ0v) is 16.5. The minimum Gasteiger partial charge on any atom is -0.482 e. The summed E-state index contributed by atoms with van der Waals surface area (Å²) in [5.41, 5.74) is 2.13. The largest absolute Gasteiger partial charge is 0.482 e. The third-order valence-corrected chi connectivity index (χ3v) is 5.46. The molecule has 1 heterocycles. The number of carbonyl (C=O) groups excluding carboxylic acids is 1. The van der Waals surface area contributed by atoms with Crippen LogP contribution in [-0.4, -0.2) is 44.1 Å². The van der Waals surface area contributed by atoms with Crippen molar-refractivity contribution in [2.75, 3.05) is 33.3 Å². The maximum atomic E-state index is 12.4. The van der Waals surface area contributed by atoms with E-state index in [0.717, 1.165) is 43.6 Å². The van der Waals surface area contributed by atoms with Crippen LogP contribution >= 0.6 is 11.6 Å². The predicted octanol–water partition coefficient (Wildman–Crippen LogP) is 4.23. The highest BCUT2D eigenvalue weighted by molar-refractivity contribution is 6.32. The number of benzene rings is 2. The molecule has 1 fully saturated rings. The van der Waals surface area contributed by atoms with Crippen molar-refractivity contribution in [2.24, 2.45) is 5.92 Å². The highest BCUT2D eigenvalue weighted by Crippen LogP contribution is 2.30. The molecule has 144 valence electrons. The van der Waals surface area contributed by atoms with Gasteiger partial charge < -0.3 is 15.0 Å². The Kier molecular flexibility index (Phi) is 7.13. The lowest BCUT2D eigenvalue weighted by molar-refractivity contribution is -0.134. The topological polar surface area (TPSA) is 41.6 Å². The summed E-state index contributed by atoms with van der Waals surface area (Å²) in [6, 6.07) is 15.7. The lowest BCUT2D eigenvalue weighted by Crippen LogP contribution is -2.41. The van der Waals surface area contributed by atoms with Crippen molar-refractivity contribution in [1.29, 1.82) is 0 Å². The molecule has 0 aliphatic carbocycles. The van der Waals surface area contributed by atoms with Gasteiger partial charge in [0.05, 0.1) is 5.02 Å². The van der Waals surface area contributed by atoms with Gasteiger partial charge in [0.25, 0.3) is 5.91 Å². The Labute approximate surface area is 166 Å². The maximum absolute atomic E-state index is 12.4. The molecule has 0 aromatic heterocycles. The van der Waals surface area contributed by atoms with Crippen molar-refractivity contribution in [3.63, 3.8) is 0 Å². The Bertz CT molecular complexity index is 743. The van der Waals surface area contributed by atoms with Crippen molar-refractivity contribution >= 4 is 17.5 Å². The quantitative estimate of drug-likeness (QED) is 0.774. The molecule has 2 aromatic carbocycles. The van der Waals surface area contributed by atoms with Gasteiger partial charge in [0.1, 0.15) is 5.75 Å². The molecule has 1 aliphatic heterocycles. The molecule has 0 bridgehead atoms. The molecule has 0 saturated carbocycles. The van der Waals surface area contributed by atoms with Gasteiger partial charge >= 0.3 is 0 Å². The highest BCUT2D eigenvalue weighted by atomic mass is 35.5. The Morgan fingerprint density at radius 3 is 2.56 bits per heavy atom. The smallest absolute Gasteiger partial charge is 0.260 e. The Morgan fingerprint density at radius 1 is 1.15 bits per heavy atom. The number of amides is 1. The SMILES string of the molecule is CNCCC1CCN(C(=O)COc2ccc(-c3ccccc3)cc2Cl)CC1. The lowest BCUT2D eigenvalue weighted by atomic mass is 9.93. The molecule has 1 amide bonds. The van der Waals surface area contributed by atoms with E-state index in [1.54, 1.807) is 0 Å². The van der Waals surface area contributed by atoms with E-state index in [9.17, 15) is 4.79 Å². The first kappa shape index (κ1) is 19.7. The standard InChI is InChI=1S/C22H27ClN2O2/c1-24-12-9-17-10-13-25(14-11-17)22(26)16-27-21-8-7-19(15-20(21)23)18-5-3-2-4-6-18/h2-8,15,17,24H,9-14,16H2,1H3. The molecule has 5 heteroatoms. The van der Waals surface area contributed by atoms with E-state index in [1.807, 2.05) is 60.5 Å². The van der Waals surface area contributed by atoms with Crippen LogP contribution in [0.5, 0.6) is 5.75 Å². The molecule has 1 saturated heterocycles. The number of ether oxygens (including phenoxy) is 1. The van der Waals surface area contributed by atoms with E-state index in [4.69, 9.17) is 16.3 Å². The van der Waals surface area contributed by atoms with Gasteiger partial charge in [0.2, 0.25) is 0 Å². The van der Waals surface area contributed by atoms with Crippen molar-refractivity contribution in [3.8, 4) is 16.9 Å². The average Bonchev–Trinajstić information content (AvgIpc) is 2.72. The monoisotopic (exact) mass is 386 g/mol. The van der Waals surface area contributed by atoms with Crippen molar-refractivity contribution in [1.82, 2.24) is 10.2 Å². The van der Waals surface area contributed by atoms with Gasteiger partial charge in [0, 0.05) is 13.1 Å². The second-order valence-corrected chi connectivity index (χ2v) is 7.42. The Morgan fingerprint density at radius 2 is 1.89 bits per heavy atom. The number of hydrogen-bond donors (Lipinski definition) is 1. The molecule has 1 N–H and O–H groups in total. The molecule has 0 atom stereocenters. The third-order valence-electron chi connectivity index (χ3n) is 5.16. The number of nitrogens with one attached hydrogen (secondary N) is 1. The number of piperidine rings is 1. The van der Waals surface area contributed by atoms with Gasteiger partial charge in [-0.25, -0.2) is 0 Å². The summed E-state index contributed by atoms with van der Waals surface area (Å²) in [5, 5.41) is 3.72. The van der Waals surface area contributed by atoms with Gasteiger partial charge in [0.15, 0.2) is 6.61 Å². The minimum absolute atomic E-state index is 0.0327. The van der Waals surface area contributed by atoms with Crippen molar-refractivity contribution in [3.05, 3.63) is 53.6 Å². The van der Waals surface area contributed by atoms with Gasteiger partial charge in [-0.2, -0.15) is 0 Å². The molecule has 0 unspecified atom stereocenters. The number of rotatable bonds is 7. The van der Waals surface area contributed by atoms with Gasteiger partial charge in [-0.1, -0.05) is 48.0 Å². The van der Waals surface area contributed by atoms with Crippen LogP contribution in [0.25, 0.3) is 11.1 Å². The number of likely N-dealkylation sites (tertiary alicyclic amines) is 1. The van der Waals surface area contributed by atoms with Crippen LogP contribution in [-0.2, 0) is 4.79 Å². The summed E-state index contributed by atoms with van der Waals surface area (Å²) in [4.78, 5) is 14.3. The zero-order chi connectivity index (χ0) is 19.1. The predicted molar refractivity (Wildman–Crippen MR) is 110 cm³/mol. The van der Waals surface area contributed by atoms with Crippen LogP contribution < -0.4 is 10.1 Å².